The zero-order valence-corrected chi connectivity index (χ0v) is 34.4. The fourth-order valence-electron chi connectivity index (χ4n) is 8.10. The summed E-state index contributed by atoms with van der Waals surface area (Å²) in [5.74, 6) is 0.228. The van der Waals surface area contributed by atoms with E-state index in [1.165, 1.54) is 30.9 Å². The quantitative estimate of drug-likeness (QED) is 0.0911. The van der Waals surface area contributed by atoms with E-state index in [4.69, 9.17) is 14.5 Å². The molecule has 2 saturated heterocycles. The maximum atomic E-state index is 15.7. The Balaban J connectivity index is 0.912. The number of fused-ring (bicyclic) bond motifs is 2. The number of pyridine rings is 2. The molecule has 2 aromatic carbocycles. The van der Waals surface area contributed by atoms with Crippen LogP contribution in [0.2, 0.25) is 0 Å². The molecule has 0 spiro atoms. The van der Waals surface area contributed by atoms with Gasteiger partial charge in [0.1, 0.15) is 11.5 Å². The van der Waals surface area contributed by atoms with E-state index < -0.39 is 19.3 Å². The lowest BCUT2D eigenvalue weighted by molar-refractivity contribution is -0.809. The van der Waals surface area contributed by atoms with Gasteiger partial charge in [0, 0.05) is 61.3 Å². The van der Waals surface area contributed by atoms with Crippen LogP contribution in [0, 0.1) is 5.82 Å². The highest BCUT2D eigenvalue weighted by Crippen LogP contribution is 2.30. The number of morpholine rings is 2. The van der Waals surface area contributed by atoms with Gasteiger partial charge in [-0.2, -0.15) is 37.3 Å². The average molecular weight is 882 g/mol. The summed E-state index contributed by atoms with van der Waals surface area (Å²) in [7, 11) is 0. The molecule has 2 N–H and O–H groups in total. The van der Waals surface area contributed by atoms with Crippen molar-refractivity contribution in [1.82, 2.24) is 53.5 Å². The Hall–Kier alpha value is -6.81. The number of nitrogens with one attached hydrogen (secondary N) is 2. The van der Waals surface area contributed by atoms with Crippen molar-refractivity contribution < 1.29 is 36.1 Å². The molecule has 330 valence electrons. The summed E-state index contributed by atoms with van der Waals surface area (Å²) in [5, 5.41) is 18.0. The van der Waals surface area contributed by atoms with Gasteiger partial charge in [0.15, 0.2) is 5.65 Å². The van der Waals surface area contributed by atoms with Crippen LogP contribution < -0.4 is 15.3 Å². The number of ether oxygens (including phenoxy) is 2. The molecule has 2 fully saturated rings. The molecule has 2 atom stereocenters. The Morgan fingerprint density at radius 3 is 2.19 bits per heavy atom. The lowest BCUT2D eigenvalue weighted by Gasteiger charge is -2.37. The minimum absolute atomic E-state index is 0.0365. The second kappa shape index (κ2) is 17.4. The summed E-state index contributed by atoms with van der Waals surface area (Å²) in [6.45, 7) is 1.10. The molecular formula is C43H42F5N14O2+. The van der Waals surface area contributed by atoms with Crippen molar-refractivity contribution in [3.05, 3.63) is 121 Å². The Morgan fingerprint density at radius 1 is 0.797 bits per heavy atom. The van der Waals surface area contributed by atoms with Crippen LogP contribution >= 0.6 is 0 Å². The van der Waals surface area contributed by atoms with Crippen molar-refractivity contribution in [2.75, 3.05) is 50.1 Å². The summed E-state index contributed by atoms with van der Waals surface area (Å²) in [6.07, 6.45) is 7.98. The van der Waals surface area contributed by atoms with E-state index in [1.807, 2.05) is 57.9 Å². The van der Waals surface area contributed by atoms with Crippen molar-refractivity contribution in [1.29, 1.82) is 0 Å². The van der Waals surface area contributed by atoms with Gasteiger partial charge < -0.3 is 14.8 Å². The number of alkyl halides is 4. The Labute approximate surface area is 362 Å². The molecule has 2 aliphatic rings. The molecule has 6 aromatic heterocycles. The molecule has 0 saturated carbocycles. The van der Waals surface area contributed by atoms with Gasteiger partial charge in [-0.15, -0.1) is 9.78 Å². The van der Waals surface area contributed by atoms with Gasteiger partial charge in [0.2, 0.25) is 12.2 Å². The van der Waals surface area contributed by atoms with Gasteiger partial charge in [-0.05, 0) is 58.9 Å². The normalized spacial score (nSPS) is 17.6. The average Bonchev–Trinajstić information content (AvgIpc) is 4.12. The first-order valence-electron chi connectivity index (χ1n) is 20.6. The molecule has 0 radical (unpaired) electrons. The minimum atomic E-state index is -2.82. The Morgan fingerprint density at radius 2 is 1.48 bits per heavy atom. The monoisotopic (exact) mass is 881 g/mol. The summed E-state index contributed by atoms with van der Waals surface area (Å²) < 4.78 is 87.3. The highest BCUT2D eigenvalue weighted by Gasteiger charge is 2.36. The number of rotatable bonds is 13. The molecule has 16 nitrogen and oxygen atoms in total. The van der Waals surface area contributed by atoms with Crippen LogP contribution in [0.4, 0.5) is 45.2 Å². The minimum Gasteiger partial charge on any atom is -0.379 e. The number of anilines is 4. The zero-order chi connectivity index (χ0) is 43.9. The lowest BCUT2D eigenvalue weighted by atomic mass is 10.0. The number of halogens is 5. The molecule has 21 heteroatoms. The zero-order valence-electron chi connectivity index (χ0n) is 34.4. The van der Waals surface area contributed by atoms with E-state index in [9.17, 15) is 17.6 Å². The molecular weight excluding hydrogens is 840 g/mol. The van der Waals surface area contributed by atoms with E-state index >= 15 is 4.39 Å². The molecule has 8 aromatic rings. The predicted molar refractivity (Wildman–Crippen MR) is 224 cm³/mol. The van der Waals surface area contributed by atoms with Gasteiger partial charge >= 0.3 is 19.0 Å². The van der Waals surface area contributed by atoms with Gasteiger partial charge in [0.05, 0.1) is 56.8 Å². The molecule has 10 rings (SSSR count). The smallest absolute Gasteiger partial charge is 0.379 e. The number of hydrogen-bond acceptors (Lipinski definition) is 11. The van der Waals surface area contributed by atoms with Crippen LogP contribution in [0.15, 0.2) is 104 Å². The van der Waals surface area contributed by atoms with E-state index in [0.29, 0.717) is 94.1 Å². The molecule has 2 unspecified atom stereocenters. The topological polar surface area (TPSA) is 136 Å². The van der Waals surface area contributed by atoms with Gasteiger partial charge in [-0.3, -0.25) is 9.80 Å². The third kappa shape index (κ3) is 8.37. The highest BCUT2D eigenvalue weighted by molar-refractivity contribution is 5.79. The fraction of sp³-hybridized carbons (Fsp3) is 0.302. The summed E-state index contributed by atoms with van der Waals surface area (Å²) in [6, 6.07) is 20.9. The van der Waals surface area contributed by atoms with Crippen LogP contribution in [0.25, 0.3) is 33.5 Å². The highest BCUT2D eigenvalue weighted by atomic mass is 19.3. The van der Waals surface area contributed by atoms with Crippen LogP contribution in [-0.4, -0.2) is 99.0 Å². The maximum Gasteiger partial charge on any atom is 0.419 e. The molecule has 64 heavy (non-hydrogen) atoms. The van der Waals surface area contributed by atoms with Crippen molar-refractivity contribution in [3.63, 3.8) is 0 Å². The maximum absolute atomic E-state index is 15.7. The lowest BCUT2D eigenvalue weighted by Crippen LogP contribution is -2.57. The first-order valence-corrected chi connectivity index (χ1v) is 20.6. The van der Waals surface area contributed by atoms with Crippen LogP contribution in [0.1, 0.15) is 37.4 Å². The van der Waals surface area contributed by atoms with Gasteiger partial charge in [-0.1, -0.05) is 36.4 Å². The molecule has 0 bridgehead atoms. The van der Waals surface area contributed by atoms with Crippen LogP contribution in [0.5, 0.6) is 0 Å². The standard InChI is InChI=1S/C43H41F5N14O2/c1-27-26-64-37(25-57(27)21-28-6-8-29(9-7-28)34-4-2-12-58-38(34)53-42(55-58)51-32-19-49-59(23-32)40(45)46)62-43(52-33-20-50-60(24-33)41(47)48)54-39-35(5-3-13-61(39)62)30-10-11-31(36(44)18-30)22-56-14-16-63-17-15-56/h2-13,18-20,23-24,27,37,40-41H,14-17,21-22,25-26H2,1H3,(H,51,55)/p+1. The summed E-state index contributed by atoms with van der Waals surface area (Å²) in [5.41, 5.74) is 6.38. The number of nitrogens with zero attached hydrogens (tertiary/aromatic N) is 12. The first kappa shape index (κ1) is 41.2. The van der Waals surface area contributed by atoms with E-state index in [0.717, 1.165) is 29.8 Å². The van der Waals surface area contributed by atoms with Gasteiger partial charge in [0.25, 0.3) is 5.65 Å². The Bertz CT molecular complexity index is 2910. The number of hydrogen-bond donors (Lipinski definition) is 2. The van der Waals surface area contributed by atoms with Crippen molar-refractivity contribution in [2.24, 2.45) is 0 Å². The molecule has 8 heterocycles. The first-order chi connectivity index (χ1) is 31.1. The summed E-state index contributed by atoms with van der Waals surface area (Å²) in [4.78, 5) is 14.1. The van der Waals surface area contributed by atoms with Crippen molar-refractivity contribution in [3.8, 4) is 22.3 Å². The van der Waals surface area contributed by atoms with Crippen molar-refractivity contribution >= 4 is 34.6 Å². The van der Waals surface area contributed by atoms with E-state index in [1.54, 1.807) is 16.8 Å². The third-order valence-electron chi connectivity index (χ3n) is 11.4. The largest absolute Gasteiger partial charge is 0.419 e. The summed E-state index contributed by atoms with van der Waals surface area (Å²) >= 11 is 0. The number of aromatic nitrogens is 10. The van der Waals surface area contributed by atoms with Crippen molar-refractivity contribution in [2.45, 2.75) is 45.4 Å². The van der Waals surface area contributed by atoms with Gasteiger partial charge in [-0.25, -0.2) is 23.6 Å². The molecule has 0 aliphatic carbocycles. The third-order valence-corrected chi connectivity index (χ3v) is 11.4. The second-order valence-corrected chi connectivity index (χ2v) is 15.7. The van der Waals surface area contributed by atoms with E-state index in [2.05, 4.69) is 59.8 Å². The molecule has 2 aliphatic heterocycles. The van der Waals surface area contributed by atoms with E-state index in [-0.39, 0.29) is 17.8 Å². The van der Waals surface area contributed by atoms with Crippen LogP contribution in [-0.2, 0) is 22.6 Å². The SMILES string of the molecule is CC1COC([n+]2c(Nc3cnn(C(F)F)c3)nc3c(-c4ccc(CN5CCOCC5)c(F)c4)cccn32)CN1Cc1ccc(-c2cccn3nc(Nc4cnn(C(F)F)c4)nc23)cc1. The van der Waals surface area contributed by atoms with Crippen LogP contribution in [0.3, 0.4) is 0 Å². The fourth-order valence-corrected chi connectivity index (χ4v) is 8.10. The Kier molecular flexibility index (Phi) is 11.2. The second-order valence-electron chi connectivity index (χ2n) is 15.7. The predicted octanol–water partition coefficient (Wildman–Crippen LogP) is 7.06. The molecule has 0 amide bonds. The number of benzene rings is 2.